The molecule has 0 unspecified atom stereocenters. The zero-order chi connectivity index (χ0) is 22.1. The molecule has 31 heavy (non-hydrogen) atoms. The van der Waals surface area contributed by atoms with E-state index in [1.807, 2.05) is 12.1 Å². The summed E-state index contributed by atoms with van der Waals surface area (Å²) in [5, 5.41) is 4.72. The van der Waals surface area contributed by atoms with Gasteiger partial charge in [0.1, 0.15) is 5.82 Å². The second-order valence-corrected chi connectivity index (χ2v) is 7.32. The smallest absolute Gasteiger partial charge is 0.298 e. The summed E-state index contributed by atoms with van der Waals surface area (Å²) in [5.41, 5.74) is 3.73. The van der Waals surface area contributed by atoms with Crippen LogP contribution in [0.4, 0.5) is 10.3 Å². The third kappa shape index (κ3) is 3.87. The maximum atomic E-state index is 13.3. The number of benzene rings is 2. The van der Waals surface area contributed by atoms with E-state index in [2.05, 4.69) is 15.5 Å². The zero-order valence-electron chi connectivity index (χ0n) is 16.7. The number of hydrogen-bond donors (Lipinski definition) is 1. The van der Waals surface area contributed by atoms with Gasteiger partial charge in [-0.05, 0) is 23.8 Å². The lowest BCUT2D eigenvalue weighted by Gasteiger charge is -2.09. The Balaban J connectivity index is 1.83. The molecule has 0 aliphatic heterocycles. The average molecular weight is 441 g/mol. The first kappa shape index (κ1) is 20.5. The molecule has 0 bridgehead atoms. The molecule has 0 spiro atoms. The molecule has 0 atom stereocenters. The normalized spacial score (nSPS) is 11.5. The number of aryl methyl sites for hydroxylation is 1. The molecule has 4 aromatic rings. The lowest BCUT2D eigenvalue weighted by atomic mass is 10.2. The van der Waals surface area contributed by atoms with Gasteiger partial charge in [0.25, 0.3) is 5.56 Å². The summed E-state index contributed by atoms with van der Waals surface area (Å²) in [6, 6.07) is 13.1. The van der Waals surface area contributed by atoms with Crippen molar-refractivity contribution in [2.75, 3.05) is 5.43 Å². The van der Waals surface area contributed by atoms with E-state index in [1.165, 1.54) is 37.0 Å². The van der Waals surface area contributed by atoms with Crippen molar-refractivity contribution in [1.82, 2.24) is 18.7 Å². The number of hydrazone groups is 1. The fraction of sp³-hybridized carbons (Fsp3) is 0.143. The Morgan fingerprint density at radius 2 is 1.81 bits per heavy atom. The minimum atomic E-state index is -0.491. The third-order valence-electron chi connectivity index (χ3n) is 4.88. The third-order valence-corrected chi connectivity index (χ3v) is 5.22. The van der Waals surface area contributed by atoms with Crippen LogP contribution in [0.25, 0.3) is 11.2 Å². The van der Waals surface area contributed by atoms with Gasteiger partial charge in [-0.15, -0.1) is 0 Å². The first-order valence-electron chi connectivity index (χ1n) is 9.31. The van der Waals surface area contributed by atoms with E-state index < -0.39 is 11.2 Å². The van der Waals surface area contributed by atoms with Crippen molar-refractivity contribution >= 4 is 34.9 Å². The molecule has 2 heterocycles. The highest BCUT2D eigenvalue weighted by atomic mass is 35.5. The van der Waals surface area contributed by atoms with E-state index in [9.17, 15) is 14.0 Å². The second kappa shape index (κ2) is 8.19. The molecule has 1 N–H and O–H groups in total. The molecule has 10 heteroatoms. The van der Waals surface area contributed by atoms with E-state index in [0.29, 0.717) is 10.6 Å². The quantitative estimate of drug-likeness (QED) is 0.382. The van der Waals surface area contributed by atoms with E-state index >= 15 is 0 Å². The van der Waals surface area contributed by atoms with Crippen LogP contribution in [-0.2, 0) is 20.6 Å². The summed E-state index contributed by atoms with van der Waals surface area (Å²) < 4.78 is 17.2. The van der Waals surface area contributed by atoms with E-state index in [-0.39, 0.29) is 29.5 Å². The van der Waals surface area contributed by atoms with E-state index in [1.54, 1.807) is 28.8 Å². The largest absolute Gasteiger partial charge is 0.332 e. The summed E-state index contributed by atoms with van der Waals surface area (Å²) in [5.74, 6) is -0.110. The van der Waals surface area contributed by atoms with Gasteiger partial charge in [-0.3, -0.25) is 18.5 Å². The van der Waals surface area contributed by atoms with Crippen LogP contribution < -0.4 is 16.7 Å². The van der Waals surface area contributed by atoms with Crippen LogP contribution in [0.15, 0.2) is 63.2 Å². The van der Waals surface area contributed by atoms with Crippen LogP contribution in [0, 0.1) is 5.82 Å². The number of aromatic nitrogens is 4. The SMILES string of the molecule is Cn1c(=O)c2c(nc(N/N=C/c3ccccc3Cl)n2Cc2ccc(F)cc2)n(C)c1=O. The zero-order valence-corrected chi connectivity index (χ0v) is 17.5. The van der Waals surface area contributed by atoms with Gasteiger partial charge in [-0.25, -0.2) is 14.6 Å². The van der Waals surface area contributed by atoms with Gasteiger partial charge < -0.3 is 0 Å². The number of halogens is 2. The predicted octanol–water partition coefficient (Wildman–Crippen LogP) is 2.72. The highest BCUT2D eigenvalue weighted by Crippen LogP contribution is 2.19. The number of nitrogens with zero attached hydrogens (tertiary/aromatic N) is 5. The van der Waals surface area contributed by atoms with Crippen LogP contribution in [0.1, 0.15) is 11.1 Å². The summed E-state index contributed by atoms with van der Waals surface area (Å²) in [7, 11) is 2.94. The molecule has 0 aliphatic carbocycles. The molecule has 0 saturated heterocycles. The Hall–Kier alpha value is -3.72. The monoisotopic (exact) mass is 440 g/mol. The van der Waals surface area contributed by atoms with E-state index in [0.717, 1.165) is 10.1 Å². The highest BCUT2D eigenvalue weighted by molar-refractivity contribution is 6.33. The van der Waals surface area contributed by atoms with Crippen molar-refractivity contribution in [2.24, 2.45) is 19.2 Å². The maximum absolute atomic E-state index is 13.3. The number of imidazole rings is 1. The van der Waals surface area contributed by atoms with Crippen molar-refractivity contribution in [3.8, 4) is 0 Å². The van der Waals surface area contributed by atoms with Crippen molar-refractivity contribution in [3.05, 3.63) is 91.3 Å². The highest BCUT2D eigenvalue weighted by Gasteiger charge is 2.19. The lowest BCUT2D eigenvalue weighted by molar-refractivity contribution is 0.626. The van der Waals surface area contributed by atoms with Crippen molar-refractivity contribution in [1.29, 1.82) is 0 Å². The van der Waals surface area contributed by atoms with Gasteiger partial charge in [-0.1, -0.05) is 41.9 Å². The Kier molecular flexibility index (Phi) is 5.43. The standard InChI is InChI=1S/C21H18ClFN6O2/c1-27-18-17(19(30)28(2)21(27)31)29(12-13-7-9-15(23)10-8-13)20(25-18)26-24-11-14-5-3-4-6-16(14)22/h3-11H,12H2,1-2H3,(H,25,26)/b24-11+. The molecule has 0 amide bonds. The molecular weight excluding hydrogens is 423 g/mol. The van der Waals surface area contributed by atoms with Crippen molar-refractivity contribution < 1.29 is 4.39 Å². The van der Waals surface area contributed by atoms with Crippen molar-refractivity contribution in [2.45, 2.75) is 6.54 Å². The van der Waals surface area contributed by atoms with Gasteiger partial charge in [0, 0.05) is 24.7 Å². The molecule has 2 aromatic heterocycles. The topological polar surface area (TPSA) is 86.2 Å². The lowest BCUT2D eigenvalue weighted by Crippen LogP contribution is -2.37. The Morgan fingerprint density at radius 3 is 2.52 bits per heavy atom. The number of fused-ring (bicyclic) bond motifs is 1. The molecule has 158 valence electrons. The van der Waals surface area contributed by atoms with Crippen LogP contribution >= 0.6 is 11.6 Å². The molecule has 2 aromatic carbocycles. The van der Waals surface area contributed by atoms with E-state index in [4.69, 9.17) is 11.6 Å². The number of hydrogen-bond acceptors (Lipinski definition) is 5. The molecule has 4 rings (SSSR count). The predicted molar refractivity (Wildman–Crippen MR) is 118 cm³/mol. The Bertz CT molecular complexity index is 1420. The summed E-state index contributed by atoms with van der Waals surface area (Å²) in [4.78, 5) is 29.6. The van der Waals surface area contributed by atoms with Gasteiger partial charge in [0.15, 0.2) is 11.2 Å². The fourth-order valence-electron chi connectivity index (χ4n) is 3.20. The Morgan fingerprint density at radius 1 is 1.10 bits per heavy atom. The molecular formula is C21H18ClFN6O2. The number of rotatable bonds is 5. The summed E-state index contributed by atoms with van der Waals surface area (Å²) in [6.07, 6.45) is 1.53. The summed E-state index contributed by atoms with van der Waals surface area (Å²) >= 11 is 6.15. The molecule has 8 nitrogen and oxygen atoms in total. The maximum Gasteiger partial charge on any atom is 0.332 e. The molecule has 0 radical (unpaired) electrons. The second-order valence-electron chi connectivity index (χ2n) is 6.92. The van der Waals surface area contributed by atoms with Crippen LogP contribution in [0.5, 0.6) is 0 Å². The minimum Gasteiger partial charge on any atom is -0.298 e. The van der Waals surface area contributed by atoms with Gasteiger partial charge in [-0.2, -0.15) is 10.1 Å². The van der Waals surface area contributed by atoms with Gasteiger partial charge in [0.2, 0.25) is 5.95 Å². The Labute approximate surface area is 180 Å². The molecule has 0 saturated carbocycles. The van der Waals surface area contributed by atoms with Gasteiger partial charge >= 0.3 is 5.69 Å². The van der Waals surface area contributed by atoms with Crippen molar-refractivity contribution in [3.63, 3.8) is 0 Å². The van der Waals surface area contributed by atoms with Crippen LogP contribution in [0.3, 0.4) is 0 Å². The number of anilines is 1. The van der Waals surface area contributed by atoms with Crippen LogP contribution in [0.2, 0.25) is 5.02 Å². The molecule has 0 fully saturated rings. The first-order chi connectivity index (χ1) is 14.9. The van der Waals surface area contributed by atoms with Crippen LogP contribution in [-0.4, -0.2) is 24.9 Å². The average Bonchev–Trinajstić information content (AvgIpc) is 3.12. The summed E-state index contributed by atoms with van der Waals surface area (Å²) in [6.45, 7) is 0.216. The van der Waals surface area contributed by atoms with Gasteiger partial charge in [0.05, 0.1) is 12.8 Å². The minimum absolute atomic E-state index is 0.214. The number of nitrogens with one attached hydrogen (secondary N) is 1. The molecule has 0 aliphatic rings. The fourth-order valence-corrected chi connectivity index (χ4v) is 3.38. The first-order valence-corrected chi connectivity index (χ1v) is 9.69.